The molecule has 0 N–H and O–H groups in total. The first-order valence-electron chi connectivity index (χ1n) is 3.32. The number of hydrogen-bond acceptors (Lipinski definition) is 0. The SMILES string of the molecule is CC=Cc1cc(Cl)ccc1Cl. The molecule has 1 aromatic carbocycles. The summed E-state index contributed by atoms with van der Waals surface area (Å²) in [6.45, 7) is 1.94. The van der Waals surface area contributed by atoms with Gasteiger partial charge in [-0.3, -0.25) is 0 Å². The van der Waals surface area contributed by atoms with Gasteiger partial charge >= 0.3 is 0 Å². The van der Waals surface area contributed by atoms with Gasteiger partial charge in [-0.1, -0.05) is 35.4 Å². The van der Waals surface area contributed by atoms with Crippen molar-refractivity contribution in [1.29, 1.82) is 0 Å². The van der Waals surface area contributed by atoms with Crippen LogP contribution in [0.1, 0.15) is 12.5 Å². The molecule has 0 atom stereocenters. The van der Waals surface area contributed by atoms with Gasteiger partial charge in [-0.05, 0) is 30.7 Å². The Hall–Kier alpha value is -0.460. The monoisotopic (exact) mass is 186 g/mol. The van der Waals surface area contributed by atoms with Crippen molar-refractivity contribution in [3.63, 3.8) is 0 Å². The van der Waals surface area contributed by atoms with Crippen LogP contribution >= 0.6 is 23.2 Å². The van der Waals surface area contributed by atoms with Gasteiger partial charge in [0.25, 0.3) is 0 Å². The molecule has 0 aliphatic heterocycles. The Kier molecular flexibility index (Phi) is 2.98. The molecule has 0 saturated carbocycles. The van der Waals surface area contributed by atoms with Crippen LogP contribution in [0.4, 0.5) is 0 Å². The van der Waals surface area contributed by atoms with E-state index in [1.165, 1.54) is 0 Å². The van der Waals surface area contributed by atoms with E-state index in [-0.39, 0.29) is 0 Å². The van der Waals surface area contributed by atoms with Crippen molar-refractivity contribution in [3.8, 4) is 0 Å². The van der Waals surface area contributed by atoms with Crippen LogP contribution in [-0.4, -0.2) is 0 Å². The Morgan fingerprint density at radius 1 is 1.27 bits per heavy atom. The van der Waals surface area contributed by atoms with Crippen LogP contribution in [0.25, 0.3) is 6.08 Å². The fourth-order valence-corrected chi connectivity index (χ4v) is 1.18. The lowest BCUT2D eigenvalue weighted by atomic mass is 10.2. The van der Waals surface area contributed by atoms with Crippen LogP contribution in [-0.2, 0) is 0 Å². The van der Waals surface area contributed by atoms with Crippen molar-refractivity contribution in [2.75, 3.05) is 0 Å². The van der Waals surface area contributed by atoms with E-state index < -0.39 is 0 Å². The van der Waals surface area contributed by atoms with Crippen molar-refractivity contribution in [1.82, 2.24) is 0 Å². The predicted octanol–water partition coefficient (Wildman–Crippen LogP) is 4.03. The average molecular weight is 187 g/mol. The zero-order valence-electron chi connectivity index (χ0n) is 6.14. The first-order chi connectivity index (χ1) is 5.24. The third-order valence-electron chi connectivity index (χ3n) is 1.30. The van der Waals surface area contributed by atoms with Gasteiger partial charge in [-0.25, -0.2) is 0 Å². The minimum Gasteiger partial charge on any atom is -0.0870 e. The van der Waals surface area contributed by atoms with Crippen molar-refractivity contribution in [2.24, 2.45) is 0 Å². The molecule has 0 aromatic heterocycles. The van der Waals surface area contributed by atoms with Gasteiger partial charge in [0, 0.05) is 10.0 Å². The summed E-state index contributed by atoms with van der Waals surface area (Å²) >= 11 is 11.6. The highest BCUT2D eigenvalue weighted by atomic mass is 35.5. The van der Waals surface area contributed by atoms with Gasteiger partial charge in [0.05, 0.1) is 0 Å². The van der Waals surface area contributed by atoms with Crippen LogP contribution in [0.15, 0.2) is 24.3 Å². The summed E-state index contributed by atoms with van der Waals surface area (Å²) in [6.07, 6.45) is 3.85. The van der Waals surface area contributed by atoms with Crippen molar-refractivity contribution in [2.45, 2.75) is 6.92 Å². The summed E-state index contributed by atoms with van der Waals surface area (Å²) in [5.74, 6) is 0. The lowest BCUT2D eigenvalue weighted by Gasteiger charge is -1.97. The van der Waals surface area contributed by atoms with E-state index in [9.17, 15) is 0 Å². The molecule has 58 valence electrons. The first kappa shape index (κ1) is 8.63. The predicted molar refractivity (Wildman–Crippen MR) is 51.2 cm³/mol. The highest BCUT2D eigenvalue weighted by molar-refractivity contribution is 6.34. The summed E-state index contributed by atoms with van der Waals surface area (Å²) in [4.78, 5) is 0. The van der Waals surface area contributed by atoms with Crippen LogP contribution < -0.4 is 0 Å². The first-order valence-corrected chi connectivity index (χ1v) is 4.07. The van der Waals surface area contributed by atoms with Gasteiger partial charge in [0.15, 0.2) is 0 Å². The summed E-state index contributed by atoms with van der Waals surface area (Å²) in [5, 5.41) is 1.44. The minimum atomic E-state index is 0.711. The maximum absolute atomic E-state index is 5.87. The standard InChI is InChI=1S/C9H8Cl2/c1-2-3-7-6-8(10)4-5-9(7)11/h2-6H,1H3. The topological polar surface area (TPSA) is 0 Å². The maximum Gasteiger partial charge on any atom is 0.0479 e. The van der Waals surface area contributed by atoms with Crippen LogP contribution in [0.2, 0.25) is 10.0 Å². The Labute approximate surface area is 76.4 Å². The molecule has 1 rings (SSSR count). The van der Waals surface area contributed by atoms with E-state index in [1.54, 1.807) is 12.1 Å². The molecular weight excluding hydrogens is 179 g/mol. The Morgan fingerprint density at radius 2 is 2.00 bits per heavy atom. The third-order valence-corrected chi connectivity index (χ3v) is 1.88. The molecular formula is C9H8Cl2. The second kappa shape index (κ2) is 3.80. The summed E-state index contributed by atoms with van der Waals surface area (Å²) in [7, 11) is 0. The van der Waals surface area contributed by atoms with E-state index >= 15 is 0 Å². The molecule has 0 heterocycles. The molecule has 0 aliphatic carbocycles. The maximum atomic E-state index is 5.87. The molecule has 0 radical (unpaired) electrons. The smallest absolute Gasteiger partial charge is 0.0479 e. The molecule has 1 aromatic rings. The van der Waals surface area contributed by atoms with Gasteiger partial charge in [0.2, 0.25) is 0 Å². The lowest BCUT2D eigenvalue weighted by molar-refractivity contribution is 1.64. The van der Waals surface area contributed by atoms with E-state index in [1.807, 2.05) is 25.1 Å². The molecule has 0 nitrogen and oxygen atoms in total. The van der Waals surface area contributed by atoms with Crippen molar-refractivity contribution in [3.05, 3.63) is 39.9 Å². The molecule has 0 bridgehead atoms. The second-order valence-corrected chi connectivity index (χ2v) is 3.01. The second-order valence-electron chi connectivity index (χ2n) is 2.17. The fraction of sp³-hybridized carbons (Fsp3) is 0.111. The molecule has 0 unspecified atom stereocenters. The fourth-order valence-electron chi connectivity index (χ4n) is 0.822. The van der Waals surface area contributed by atoms with E-state index in [0.717, 1.165) is 10.6 Å². The van der Waals surface area contributed by atoms with Gasteiger partial charge < -0.3 is 0 Å². The summed E-state index contributed by atoms with van der Waals surface area (Å²) in [5.41, 5.74) is 0.960. The van der Waals surface area contributed by atoms with Crippen LogP contribution in [0.3, 0.4) is 0 Å². The normalized spacial score (nSPS) is 10.8. The van der Waals surface area contributed by atoms with Gasteiger partial charge in [-0.15, -0.1) is 0 Å². The van der Waals surface area contributed by atoms with Crippen molar-refractivity contribution >= 4 is 29.3 Å². The quantitative estimate of drug-likeness (QED) is 0.622. The molecule has 0 fully saturated rings. The van der Waals surface area contributed by atoms with Gasteiger partial charge in [-0.2, -0.15) is 0 Å². The molecule has 11 heavy (non-hydrogen) atoms. The number of allylic oxidation sites excluding steroid dienone is 1. The Morgan fingerprint density at radius 3 is 2.64 bits per heavy atom. The average Bonchev–Trinajstić information content (AvgIpc) is 1.98. The molecule has 0 aliphatic rings. The molecule has 2 heteroatoms. The van der Waals surface area contributed by atoms with Crippen LogP contribution in [0, 0.1) is 0 Å². The molecule has 0 saturated heterocycles. The summed E-state index contributed by atoms with van der Waals surface area (Å²) < 4.78 is 0. The highest BCUT2D eigenvalue weighted by Crippen LogP contribution is 2.21. The summed E-state index contributed by atoms with van der Waals surface area (Å²) in [6, 6.07) is 5.40. The van der Waals surface area contributed by atoms with Crippen molar-refractivity contribution < 1.29 is 0 Å². The third kappa shape index (κ3) is 2.25. The van der Waals surface area contributed by atoms with Crippen LogP contribution in [0.5, 0.6) is 0 Å². The molecule has 0 amide bonds. The zero-order chi connectivity index (χ0) is 8.27. The van der Waals surface area contributed by atoms with E-state index in [4.69, 9.17) is 23.2 Å². The highest BCUT2D eigenvalue weighted by Gasteiger charge is 1.95. The Balaban J connectivity index is 3.12. The zero-order valence-corrected chi connectivity index (χ0v) is 7.65. The number of halogens is 2. The largest absolute Gasteiger partial charge is 0.0870 e. The molecule has 0 spiro atoms. The lowest BCUT2D eigenvalue weighted by Crippen LogP contribution is -1.73. The number of rotatable bonds is 1. The number of hydrogen-bond donors (Lipinski definition) is 0. The minimum absolute atomic E-state index is 0.711. The van der Waals surface area contributed by atoms with E-state index in [2.05, 4.69) is 0 Å². The van der Waals surface area contributed by atoms with Gasteiger partial charge in [0.1, 0.15) is 0 Å². The number of benzene rings is 1. The Bertz CT molecular complexity index is 277. The van der Waals surface area contributed by atoms with E-state index in [0.29, 0.717) is 5.02 Å².